The summed E-state index contributed by atoms with van der Waals surface area (Å²) in [4.78, 5) is 13.1. The predicted octanol–water partition coefficient (Wildman–Crippen LogP) is 2.67. The summed E-state index contributed by atoms with van der Waals surface area (Å²) in [6.45, 7) is 2.46. The molecule has 0 aliphatic heterocycles. The zero-order chi connectivity index (χ0) is 18.7. The lowest BCUT2D eigenvalue weighted by Crippen LogP contribution is -2.46. The Morgan fingerprint density at radius 2 is 1.71 bits per heavy atom. The van der Waals surface area contributed by atoms with Crippen molar-refractivity contribution in [3.8, 4) is 11.5 Å². The van der Waals surface area contributed by atoms with Gasteiger partial charge in [0, 0.05) is 13.6 Å². The number of nitrogens with zero attached hydrogens (tertiary/aromatic N) is 1. The van der Waals surface area contributed by atoms with E-state index in [2.05, 4.69) is 0 Å². The van der Waals surface area contributed by atoms with Crippen LogP contribution >= 0.6 is 0 Å². The largest absolute Gasteiger partial charge is 0.493 e. The standard InChI is InChI=1S/C16H22F3NO4/c1-10-6-12(23-4)13(24-5)7-11(10)9-20(3)14(21)8-15(2,22)16(17,18)19/h6-7,22H,8-9H2,1-5H3/t15-/m1/s1. The number of halogens is 3. The molecule has 0 aliphatic carbocycles. The number of benzene rings is 1. The van der Waals surface area contributed by atoms with E-state index >= 15 is 0 Å². The molecule has 0 fully saturated rings. The van der Waals surface area contributed by atoms with Gasteiger partial charge >= 0.3 is 6.18 Å². The summed E-state index contributed by atoms with van der Waals surface area (Å²) in [7, 11) is 4.34. The van der Waals surface area contributed by atoms with Gasteiger partial charge in [-0.05, 0) is 37.1 Å². The van der Waals surface area contributed by atoms with Crippen molar-refractivity contribution in [3.05, 3.63) is 23.3 Å². The molecule has 0 radical (unpaired) electrons. The second-order valence-electron chi connectivity index (χ2n) is 5.83. The quantitative estimate of drug-likeness (QED) is 0.858. The van der Waals surface area contributed by atoms with Crippen LogP contribution in [0.2, 0.25) is 0 Å². The number of alkyl halides is 3. The molecule has 1 atom stereocenters. The van der Waals surface area contributed by atoms with Crippen molar-refractivity contribution in [2.24, 2.45) is 0 Å². The number of methoxy groups -OCH3 is 2. The Morgan fingerprint density at radius 3 is 2.17 bits per heavy atom. The summed E-state index contributed by atoms with van der Waals surface area (Å²) in [6, 6.07) is 3.39. The first-order valence-electron chi connectivity index (χ1n) is 7.17. The molecular formula is C16H22F3NO4. The number of hydrogen-bond donors (Lipinski definition) is 1. The lowest BCUT2D eigenvalue weighted by atomic mass is 10.0. The summed E-state index contributed by atoms with van der Waals surface area (Å²) < 4.78 is 48.4. The number of amides is 1. The van der Waals surface area contributed by atoms with Gasteiger partial charge in [0.1, 0.15) is 0 Å². The third-order valence-electron chi connectivity index (χ3n) is 3.78. The molecule has 0 aromatic heterocycles. The molecule has 1 aromatic carbocycles. The third-order valence-corrected chi connectivity index (χ3v) is 3.78. The van der Waals surface area contributed by atoms with E-state index in [-0.39, 0.29) is 6.54 Å². The van der Waals surface area contributed by atoms with E-state index in [0.717, 1.165) is 10.5 Å². The van der Waals surface area contributed by atoms with E-state index in [1.807, 2.05) is 0 Å². The minimum atomic E-state index is -4.87. The molecule has 0 bridgehead atoms. The highest BCUT2D eigenvalue weighted by Gasteiger charge is 2.51. The van der Waals surface area contributed by atoms with Crippen LogP contribution in [-0.2, 0) is 11.3 Å². The molecule has 8 heteroatoms. The van der Waals surface area contributed by atoms with Crippen LogP contribution in [0.1, 0.15) is 24.5 Å². The van der Waals surface area contributed by atoms with Crippen LogP contribution in [0.3, 0.4) is 0 Å². The SMILES string of the molecule is COc1cc(C)c(CN(C)C(=O)C[C@@](C)(O)C(F)(F)F)cc1OC. The van der Waals surface area contributed by atoms with Crippen LogP contribution in [-0.4, -0.2) is 49.0 Å². The first-order valence-corrected chi connectivity index (χ1v) is 7.17. The third kappa shape index (κ3) is 4.53. The molecule has 1 rings (SSSR count). The van der Waals surface area contributed by atoms with Crippen molar-refractivity contribution < 1.29 is 32.5 Å². The van der Waals surface area contributed by atoms with Gasteiger partial charge in [0.2, 0.25) is 5.91 Å². The Bertz CT molecular complexity index is 600. The van der Waals surface area contributed by atoms with Gasteiger partial charge in [0.25, 0.3) is 0 Å². The summed E-state index contributed by atoms with van der Waals surface area (Å²) in [6.07, 6.45) is -5.91. The summed E-state index contributed by atoms with van der Waals surface area (Å²) in [5, 5.41) is 9.43. The van der Waals surface area contributed by atoms with E-state index in [0.29, 0.717) is 24.0 Å². The summed E-state index contributed by atoms with van der Waals surface area (Å²) >= 11 is 0. The first kappa shape index (κ1) is 20.1. The Morgan fingerprint density at radius 1 is 1.21 bits per heavy atom. The second kappa shape index (κ2) is 7.29. The van der Waals surface area contributed by atoms with Gasteiger partial charge in [-0.25, -0.2) is 0 Å². The van der Waals surface area contributed by atoms with Crippen LogP contribution in [0, 0.1) is 6.92 Å². The number of aryl methyl sites for hydroxylation is 1. The van der Waals surface area contributed by atoms with Gasteiger partial charge in [-0.1, -0.05) is 0 Å². The maximum absolute atomic E-state index is 12.7. The van der Waals surface area contributed by atoms with E-state index in [1.54, 1.807) is 19.1 Å². The maximum atomic E-state index is 12.7. The van der Waals surface area contributed by atoms with Gasteiger partial charge in [-0.2, -0.15) is 13.2 Å². The second-order valence-corrected chi connectivity index (χ2v) is 5.83. The van der Waals surface area contributed by atoms with Gasteiger partial charge in [-0.3, -0.25) is 4.79 Å². The minimum absolute atomic E-state index is 0.0823. The first-order chi connectivity index (χ1) is 10.9. The average Bonchev–Trinajstić information content (AvgIpc) is 2.46. The Hall–Kier alpha value is -1.96. The fourth-order valence-corrected chi connectivity index (χ4v) is 2.07. The Kier molecular flexibility index (Phi) is 6.10. The molecule has 0 unspecified atom stereocenters. The zero-order valence-corrected chi connectivity index (χ0v) is 14.3. The normalized spacial score (nSPS) is 14.0. The molecule has 1 amide bonds. The molecule has 5 nitrogen and oxygen atoms in total. The van der Waals surface area contributed by atoms with Gasteiger partial charge in [-0.15, -0.1) is 0 Å². The van der Waals surface area contributed by atoms with Crippen LogP contribution in [0.5, 0.6) is 11.5 Å². The fraction of sp³-hybridized carbons (Fsp3) is 0.562. The van der Waals surface area contributed by atoms with Crippen LogP contribution in [0.15, 0.2) is 12.1 Å². The van der Waals surface area contributed by atoms with Crippen molar-refractivity contribution in [2.45, 2.75) is 38.6 Å². The lowest BCUT2D eigenvalue weighted by Gasteiger charge is -2.28. The maximum Gasteiger partial charge on any atom is 0.417 e. The molecule has 0 spiro atoms. The monoisotopic (exact) mass is 349 g/mol. The topological polar surface area (TPSA) is 59.0 Å². The average molecular weight is 349 g/mol. The van der Waals surface area contributed by atoms with E-state index in [1.165, 1.54) is 21.3 Å². The number of aliphatic hydroxyl groups is 1. The number of rotatable bonds is 6. The smallest absolute Gasteiger partial charge is 0.417 e. The molecule has 1 N–H and O–H groups in total. The summed E-state index contributed by atoms with van der Waals surface area (Å²) in [5.41, 5.74) is -1.56. The Balaban J connectivity index is 2.92. The zero-order valence-electron chi connectivity index (χ0n) is 14.3. The minimum Gasteiger partial charge on any atom is -0.493 e. The number of ether oxygens (including phenoxy) is 2. The molecule has 0 saturated carbocycles. The van der Waals surface area contributed by atoms with E-state index < -0.39 is 24.1 Å². The lowest BCUT2D eigenvalue weighted by molar-refractivity contribution is -0.254. The molecule has 136 valence electrons. The molecule has 0 aliphatic rings. The van der Waals surface area contributed by atoms with Crippen molar-refractivity contribution in [2.75, 3.05) is 21.3 Å². The van der Waals surface area contributed by atoms with Gasteiger partial charge in [0.15, 0.2) is 17.1 Å². The molecule has 24 heavy (non-hydrogen) atoms. The fourth-order valence-electron chi connectivity index (χ4n) is 2.07. The van der Waals surface area contributed by atoms with Crippen molar-refractivity contribution in [3.63, 3.8) is 0 Å². The summed E-state index contributed by atoms with van der Waals surface area (Å²) in [5.74, 6) is 0.167. The number of carbonyl (C=O) groups is 1. The highest BCUT2D eigenvalue weighted by molar-refractivity contribution is 5.77. The van der Waals surface area contributed by atoms with Crippen molar-refractivity contribution in [1.29, 1.82) is 0 Å². The van der Waals surface area contributed by atoms with Crippen LogP contribution in [0.25, 0.3) is 0 Å². The van der Waals surface area contributed by atoms with E-state index in [4.69, 9.17) is 9.47 Å². The molecular weight excluding hydrogens is 327 g/mol. The van der Waals surface area contributed by atoms with Crippen LogP contribution < -0.4 is 9.47 Å². The van der Waals surface area contributed by atoms with Crippen molar-refractivity contribution in [1.82, 2.24) is 4.90 Å². The van der Waals surface area contributed by atoms with Crippen molar-refractivity contribution >= 4 is 5.91 Å². The van der Waals surface area contributed by atoms with Crippen LogP contribution in [0.4, 0.5) is 13.2 Å². The molecule has 0 saturated heterocycles. The van der Waals surface area contributed by atoms with Gasteiger partial charge in [0.05, 0.1) is 20.6 Å². The number of carbonyl (C=O) groups excluding carboxylic acids is 1. The highest BCUT2D eigenvalue weighted by Crippen LogP contribution is 2.34. The van der Waals surface area contributed by atoms with Gasteiger partial charge < -0.3 is 19.5 Å². The van der Waals surface area contributed by atoms with E-state index in [9.17, 15) is 23.1 Å². The molecule has 1 aromatic rings. The predicted molar refractivity (Wildman–Crippen MR) is 82.1 cm³/mol. The number of hydrogen-bond acceptors (Lipinski definition) is 4. The highest BCUT2D eigenvalue weighted by atomic mass is 19.4. The molecule has 0 heterocycles. The Labute approximate surface area is 139 Å².